The molecule has 3 heterocycles. The first-order valence-electron chi connectivity index (χ1n) is 7.64. The van der Waals surface area contributed by atoms with Crippen LogP contribution in [0.25, 0.3) is 0 Å². The van der Waals surface area contributed by atoms with Gasteiger partial charge >= 0.3 is 0 Å². The van der Waals surface area contributed by atoms with Gasteiger partial charge in [-0.2, -0.15) is 5.10 Å². The minimum Gasteiger partial charge on any atom is -0.357 e. The number of amides is 1. The third-order valence-electron chi connectivity index (χ3n) is 3.75. The van der Waals surface area contributed by atoms with Gasteiger partial charge in [0.1, 0.15) is 18.5 Å². The van der Waals surface area contributed by atoms with Crippen LogP contribution < -0.4 is 10.2 Å². The average molecular weight is 300 g/mol. The second kappa shape index (κ2) is 7.02. The molecule has 1 saturated heterocycles. The third-order valence-corrected chi connectivity index (χ3v) is 3.75. The first kappa shape index (κ1) is 14.5. The molecule has 1 aliphatic rings. The summed E-state index contributed by atoms with van der Waals surface area (Å²) in [7, 11) is 0. The third kappa shape index (κ3) is 3.81. The van der Waals surface area contributed by atoms with Crippen LogP contribution in [0.4, 0.5) is 11.5 Å². The summed E-state index contributed by atoms with van der Waals surface area (Å²) in [4.78, 5) is 22.5. The van der Waals surface area contributed by atoms with Crippen molar-refractivity contribution in [3.63, 3.8) is 0 Å². The Kier molecular flexibility index (Phi) is 4.62. The first-order chi connectivity index (χ1) is 10.8. The molecular formula is C15H20N6O. The van der Waals surface area contributed by atoms with Crippen molar-refractivity contribution in [3.05, 3.63) is 31.0 Å². The fourth-order valence-electron chi connectivity index (χ4n) is 2.56. The highest BCUT2D eigenvalue weighted by molar-refractivity contribution is 5.90. The Morgan fingerprint density at radius 2 is 2.09 bits per heavy atom. The minimum atomic E-state index is -0.0528. The van der Waals surface area contributed by atoms with Gasteiger partial charge in [0.15, 0.2) is 0 Å². The van der Waals surface area contributed by atoms with Gasteiger partial charge in [0.05, 0.1) is 18.4 Å². The van der Waals surface area contributed by atoms with Gasteiger partial charge in [-0.05, 0) is 31.4 Å². The van der Waals surface area contributed by atoms with E-state index in [1.165, 1.54) is 25.6 Å². The zero-order valence-electron chi connectivity index (χ0n) is 12.5. The van der Waals surface area contributed by atoms with Crippen molar-refractivity contribution in [2.24, 2.45) is 0 Å². The fraction of sp³-hybridized carbons (Fsp3) is 0.467. The van der Waals surface area contributed by atoms with Gasteiger partial charge in [0, 0.05) is 19.5 Å². The molecule has 22 heavy (non-hydrogen) atoms. The van der Waals surface area contributed by atoms with Crippen molar-refractivity contribution in [3.8, 4) is 0 Å². The summed E-state index contributed by atoms with van der Waals surface area (Å²) in [6.07, 6.45) is 8.89. The molecule has 1 amide bonds. The van der Waals surface area contributed by atoms with E-state index in [1.807, 2.05) is 12.1 Å². The Morgan fingerprint density at radius 3 is 2.77 bits per heavy atom. The summed E-state index contributed by atoms with van der Waals surface area (Å²) in [6.45, 7) is 2.65. The molecule has 0 radical (unpaired) electrons. The number of rotatable bonds is 5. The molecule has 0 unspecified atom stereocenters. The van der Waals surface area contributed by atoms with E-state index < -0.39 is 0 Å². The molecule has 1 aliphatic heterocycles. The van der Waals surface area contributed by atoms with Gasteiger partial charge in [0.25, 0.3) is 0 Å². The average Bonchev–Trinajstić information content (AvgIpc) is 3.08. The fourth-order valence-corrected chi connectivity index (χ4v) is 2.56. The van der Waals surface area contributed by atoms with E-state index in [0.717, 1.165) is 24.6 Å². The van der Waals surface area contributed by atoms with Gasteiger partial charge in [-0.3, -0.25) is 9.48 Å². The number of aromatic nitrogens is 4. The van der Waals surface area contributed by atoms with Gasteiger partial charge in [-0.25, -0.2) is 9.97 Å². The number of carbonyl (C=O) groups is 1. The zero-order chi connectivity index (χ0) is 15.2. The van der Waals surface area contributed by atoms with Crippen LogP contribution in [0, 0.1) is 0 Å². The maximum atomic E-state index is 11.9. The van der Waals surface area contributed by atoms with Crippen molar-refractivity contribution in [2.45, 2.75) is 32.2 Å². The van der Waals surface area contributed by atoms with Gasteiger partial charge in [-0.15, -0.1) is 0 Å². The Balaban J connectivity index is 1.50. The Hall–Kier alpha value is -2.44. The van der Waals surface area contributed by atoms with Crippen LogP contribution in [0.1, 0.15) is 25.7 Å². The predicted octanol–water partition coefficient (Wildman–Crippen LogP) is 1.69. The minimum absolute atomic E-state index is 0.0528. The summed E-state index contributed by atoms with van der Waals surface area (Å²) in [5, 5.41) is 6.82. The normalized spacial score (nSPS) is 14.8. The molecule has 0 bridgehead atoms. The quantitative estimate of drug-likeness (QED) is 0.909. The number of nitrogens with zero attached hydrogens (tertiary/aromatic N) is 5. The lowest BCUT2D eigenvalue weighted by Crippen LogP contribution is -2.30. The molecule has 0 aromatic carbocycles. The number of hydrogen-bond donors (Lipinski definition) is 1. The molecule has 3 rings (SSSR count). The molecule has 0 atom stereocenters. The summed E-state index contributed by atoms with van der Waals surface area (Å²) < 4.78 is 1.64. The number of anilines is 2. The SMILES string of the molecule is O=C(CCn1cncn1)Nc1ccc(N2CCCCC2)nc1. The lowest BCUT2D eigenvalue weighted by Gasteiger charge is -2.27. The van der Waals surface area contributed by atoms with E-state index in [2.05, 4.69) is 25.3 Å². The topological polar surface area (TPSA) is 75.9 Å². The van der Waals surface area contributed by atoms with Gasteiger partial charge < -0.3 is 10.2 Å². The second-order valence-corrected chi connectivity index (χ2v) is 5.41. The van der Waals surface area contributed by atoms with E-state index in [4.69, 9.17) is 0 Å². The van der Waals surface area contributed by atoms with Gasteiger partial charge in [-0.1, -0.05) is 0 Å². The number of pyridine rings is 1. The lowest BCUT2D eigenvalue weighted by molar-refractivity contribution is -0.116. The number of piperidine rings is 1. The molecule has 0 saturated carbocycles. The van der Waals surface area contributed by atoms with Crippen LogP contribution in [0.5, 0.6) is 0 Å². The Bertz CT molecular complexity index is 589. The molecule has 0 spiro atoms. The van der Waals surface area contributed by atoms with E-state index in [1.54, 1.807) is 17.2 Å². The van der Waals surface area contributed by atoms with Crippen molar-refractivity contribution in [2.75, 3.05) is 23.3 Å². The van der Waals surface area contributed by atoms with Crippen molar-refractivity contribution >= 4 is 17.4 Å². The van der Waals surface area contributed by atoms with Crippen LogP contribution in [0.15, 0.2) is 31.0 Å². The van der Waals surface area contributed by atoms with Crippen LogP contribution in [-0.4, -0.2) is 38.7 Å². The first-order valence-corrected chi connectivity index (χ1v) is 7.64. The van der Waals surface area contributed by atoms with E-state index >= 15 is 0 Å². The maximum Gasteiger partial charge on any atom is 0.226 e. The van der Waals surface area contributed by atoms with E-state index in [9.17, 15) is 4.79 Å². The monoisotopic (exact) mass is 300 g/mol. The molecule has 1 fully saturated rings. The van der Waals surface area contributed by atoms with Crippen LogP contribution in [0.2, 0.25) is 0 Å². The van der Waals surface area contributed by atoms with Crippen LogP contribution in [0.3, 0.4) is 0 Å². The molecule has 1 N–H and O–H groups in total. The number of hydrogen-bond acceptors (Lipinski definition) is 5. The predicted molar refractivity (Wildman–Crippen MR) is 83.6 cm³/mol. The Morgan fingerprint density at radius 1 is 1.23 bits per heavy atom. The smallest absolute Gasteiger partial charge is 0.226 e. The Labute approximate surface area is 129 Å². The lowest BCUT2D eigenvalue weighted by atomic mass is 10.1. The molecule has 2 aromatic rings. The standard InChI is InChI=1S/C15H20N6O/c22-15(6-9-21-12-16-11-18-21)19-13-4-5-14(17-10-13)20-7-2-1-3-8-20/h4-5,10-12H,1-3,6-9H2,(H,19,22). The van der Waals surface area contributed by atoms with E-state index in [-0.39, 0.29) is 5.91 Å². The molecule has 0 aliphatic carbocycles. The van der Waals surface area contributed by atoms with Crippen molar-refractivity contribution in [1.82, 2.24) is 19.7 Å². The molecule has 7 heteroatoms. The van der Waals surface area contributed by atoms with Crippen molar-refractivity contribution in [1.29, 1.82) is 0 Å². The van der Waals surface area contributed by atoms with Crippen molar-refractivity contribution < 1.29 is 4.79 Å². The molecule has 7 nitrogen and oxygen atoms in total. The largest absolute Gasteiger partial charge is 0.357 e. The van der Waals surface area contributed by atoms with Crippen LogP contribution in [-0.2, 0) is 11.3 Å². The second-order valence-electron chi connectivity index (χ2n) is 5.41. The number of nitrogens with one attached hydrogen (secondary N) is 1. The molecular weight excluding hydrogens is 280 g/mol. The molecule has 116 valence electrons. The van der Waals surface area contributed by atoms with Crippen LogP contribution >= 0.6 is 0 Å². The summed E-state index contributed by atoms with van der Waals surface area (Å²) in [6, 6.07) is 3.88. The highest BCUT2D eigenvalue weighted by Gasteiger charge is 2.12. The maximum absolute atomic E-state index is 11.9. The van der Waals surface area contributed by atoms with E-state index in [0.29, 0.717) is 13.0 Å². The number of aryl methyl sites for hydroxylation is 1. The highest BCUT2D eigenvalue weighted by atomic mass is 16.1. The summed E-state index contributed by atoms with van der Waals surface area (Å²) in [5.41, 5.74) is 0.726. The summed E-state index contributed by atoms with van der Waals surface area (Å²) >= 11 is 0. The van der Waals surface area contributed by atoms with Gasteiger partial charge in [0.2, 0.25) is 5.91 Å². The summed E-state index contributed by atoms with van der Waals surface area (Å²) in [5.74, 6) is 0.934. The number of carbonyl (C=O) groups excluding carboxylic acids is 1. The highest BCUT2D eigenvalue weighted by Crippen LogP contribution is 2.18. The molecule has 2 aromatic heterocycles. The zero-order valence-corrected chi connectivity index (χ0v) is 12.5.